The fourth-order valence-electron chi connectivity index (χ4n) is 3.72. The Labute approximate surface area is 200 Å². The zero-order valence-corrected chi connectivity index (χ0v) is 19.1. The van der Waals surface area contributed by atoms with Crippen LogP contribution in [0.4, 0.5) is 3.89 Å². The molecule has 0 radical (unpaired) electrons. The van der Waals surface area contributed by atoms with Gasteiger partial charge in [-0.2, -0.15) is 4.31 Å². The van der Waals surface area contributed by atoms with Crippen LogP contribution in [-0.2, 0) is 16.1 Å². The number of carbonyl (C=O) groups is 4. The molecule has 1 fully saturated rings. The molecular formula is C24H22FN3O5S. The first-order valence-electron chi connectivity index (χ1n) is 10.4. The summed E-state index contributed by atoms with van der Waals surface area (Å²) in [6, 6.07) is 10.9. The summed E-state index contributed by atoms with van der Waals surface area (Å²) >= 11 is -0.431. The fraction of sp³-hybridized carbons (Fsp3) is 0.250. The predicted octanol–water partition coefficient (Wildman–Crippen LogP) is 2.51. The van der Waals surface area contributed by atoms with Gasteiger partial charge < -0.3 is 15.4 Å². The standard InChI is InChI=1S/C23H17FN2O5S.CH5N/c24-32-26-21(28)11-10-20(23(26)30)25-13-19-16(3-1-5-18(19)22(25)29)4-2-12-31-17-8-6-15(14-27)7-9-17;1-2/h1,3,5-9,14,20H,10-13H2;2H2,1H3. The second-order valence-corrected chi connectivity index (χ2v) is 7.70. The Morgan fingerprint density at radius 2 is 1.91 bits per heavy atom. The molecule has 0 aromatic heterocycles. The van der Waals surface area contributed by atoms with Crippen molar-refractivity contribution in [3.05, 3.63) is 64.7 Å². The van der Waals surface area contributed by atoms with Gasteiger partial charge in [0.25, 0.3) is 11.8 Å². The highest BCUT2D eigenvalue weighted by atomic mass is 32.2. The van der Waals surface area contributed by atoms with Crippen molar-refractivity contribution in [3.8, 4) is 17.6 Å². The number of ether oxygens (including phenoxy) is 1. The van der Waals surface area contributed by atoms with Crippen LogP contribution in [0.25, 0.3) is 0 Å². The summed E-state index contributed by atoms with van der Waals surface area (Å²) in [5.41, 5.74) is 6.80. The zero-order valence-electron chi connectivity index (χ0n) is 18.3. The van der Waals surface area contributed by atoms with E-state index >= 15 is 0 Å². The van der Waals surface area contributed by atoms with Crippen molar-refractivity contribution in [1.29, 1.82) is 0 Å². The van der Waals surface area contributed by atoms with Gasteiger partial charge in [0.1, 0.15) is 24.7 Å². The summed E-state index contributed by atoms with van der Waals surface area (Å²) < 4.78 is 19.1. The van der Waals surface area contributed by atoms with Crippen molar-refractivity contribution in [2.45, 2.75) is 25.4 Å². The monoisotopic (exact) mass is 483 g/mol. The van der Waals surface area contributed by atoms with Gasteiger partial charge in [-0.3, -0.25) is 19.2 Å². The van der Waals surface area contributed by atoms with E-state index in [1.54, 1.807) is 42.5 Å². The molecule has 2 N–H and O–H groups in total. The molecule has 0 aliphatic carbocycles. The van der Waals surface area contributed by atoms with Crippen LogP contribution in [0.3, 0.4) is 0 Å². The van der Waals surface area contributed by atoms with Gasteiger partial charge in [0.05, 0.1) is 0 Å². The Kier molecular flexibility index (Phi) is 8.40. The summed E-state index contributed by atoms with van der Waals surface area (Å²) in [6.07, 6.45) is 0.897. The van der Waals surface area contributed by atoms with E-state index in [0.717, 1.165) is 6.29 Å². The molecule has 3 amide bonds. The lowest BCUT2D eigenvalue weighted by molar-refractivity contribution is -0.145. The number of hydrogen-bond acceptors (Lipinski definition) is 7. The number of rotatable bonds is 5. The van der Waals surface area contributed by atoms with Crippen molar-refractivity contribution in [3.63, 3.8) is 0 Å². The summed E-state index contributed by atoms with van der Waals surface area (Å²) in [4.78, 5) is 49.2. The zero-order chi connectivity index (χ0) is 24.7. The molecule has 1 atom stereocenters. The van der Waals surface area contributed by atoms with Crippen LogP contribution in [0.15, 0.2) is 42.5 Å². The molecule has 34 heavy (non-hydrogen) atoms. The van der Waals surface area contributed by atoms with Crippen molar-refractivity contribution < 1.29 is 27.8 Å². The minimum atomic E-state index is -0.894. The highest BCUT2D eigenvalue weighted by molar-refractivity contribution is 7.93. The summed E-state index contributed by atoms with van der Waals surface area (Å²) in [5.74, 6) is 4.81. The average molecular weight is 484 g/mol. The third-order valence-corrected chi connectivity index (χ3v) is 5.86. The second-order valence-electron chi connectivity index (χ2n) is 7.19. The lowest BCUT2D eigenvalue weighted by Crippen LogP contribution is -2.51. The Morgan fingerprint density at radius 3 is 2.59 bits per heavy atom. The van der Waals surface area contributed by atoms with Gasteiger partial charge in [-0.25, -0.2) is 0 Å². The molecule has 1 saturated heterocycles. The van der Waals surface area contributed by atoms with E-state index < -0.39 is 30.2 Å². The van der Waals surface area contributed by atoms with Gasteiger partial charge in [-0.1, -0.05) is 17.9 Å². The summed E-state index contributed by atoms with van der Waals surface area (Å²) in [5, 5.41) is 0. The smallest absolute Gasteiger partial charge is 0.264 e. The molecule has 4 rings (SSSR count). The molecule has 2 heterocycles. The highest BCUT2D eigenvalue weighted by Crippen LogP contribution is 2.32. The average Bonchev–Trinajstić information content (AvgIpc) is 3.20. The summed E-state index contributed by atoms with van der Waals surface area (Å²) in [6.45, 7) is 0.260. The van der Waals surface area contributed by atoms with Gasteiger partial charge in [-0.15, -0.1) is 3.89 Å². The van der Waals surface area contributed by atoms with E-state index in [2.05, 4.69) is 17.6 Å². The Bertz CT molecular complexity index is 1160. The molecule has 0 bridgehead atoms. The summed E-state index contributed by atoms with van der Waals surface area (Å²) in [7, 11) is 1.50. The molecule has 10 heteroatoms. The lowest BCUT2D eigenvalue weighted by atomic mass is 10.0. The Hall–Kier alpha value is -3.68. The number of piperidine rings is 1. The van der Waals surface area contributed by atoms with E-state index in [0.29, 0.717) is 32.3 Å². The van der Waals surface area contributed by atoms with Crippen LogP contribution >= 0.6 is 12.3 Å². The number of hydrogen-bond donors (Lipinski definition) is 1. The number of fused-ring (bicyclic) bond motifs is 1. The molecule has 0 spiro atoms. The minimum absolute atomic E-state index is 0.00865. The van der Waals surface area contributed by atoms with Crippen molar-refractivity contribution in [1.82, 2.24) is 9.21 Å². The van der Waals surface area contributed by atoms with E-state index in [4.69, 9.17) is 4.74 Å². The van der Waals surface area contributed by atoms with E-state index in [-0.39, 0.29) is 31.9 Å². The maximum Gasteiger partial charge on any atom is 0.264 e. The maximum atomic E-state index is 13.0. The van der Waals surface area contributed by atoms with Crippen molar-refractivity contribution >= 4 is 36.3 Å². The number of amides is 3. The largest absolute Gasteiger partial charge is 0.481 e. The lowest BCUT2D eigenvalue weighted by Gasteiger charge is -2.32. The van der Waals surface area contributed by atoms with Gasteiger partial charge in [0.2, 0.25) is 5.91 Å². The molecule has 2 aromatic rings. The number of halogens is 1. The normalized spacial score (nSPS) is 16.8. The van der Waals surface area contributed by atoms with Gasteiger partial charge >= 0.3 is 0 Å². The number of nitrogens with zero attached hydrogens (tertiary/aromatic N) is 2. The molecule has 8 nitrogen and oxygen atoms in total. The minimum Gasteiger partial charge on any atom is -0.481 e. The number of aldehydes is 1. The van der Waals surface area contributed by atoms with Crippen LogP contribution in [0.1, 0.15) is 44.7 Å². The first-order chi connectivity index (χ1) is 16.5. The Morgan fingerprint density at radius 1 is 1.18 bits per heavy atom. The number of nitrogens with two attached hydrogens (primary N) is 1. The number of benzene rings is 2. The first kappa shape index (κ1) is 25.0. The molecule has 2 aromatic carbocycles. The number of imide groups is 1. The van der Waals surface area contributed by atoms with Crippen LogP contribution in [0.2, 0.25) is 0 Å². The van der Waals surface area contributed by atoms with Crippen LogP contribution < -0.4 is 10.5 Å². The SMILES string of the molecule is CN.O=Cc1ccc(OCC#Cc2cccc3c2CN(C2CCC(=O)N(SF)C2=O)C3=O)cc1. The van der Waals surface area contributed by atoms with Crippen molar-refractivity contribution in [2.75, 3.05) is 13.7 Å². The molecule has 0 saturated carbocycles. The van der Waals surface area contributed by atoms with Gasteiger partial charge in [0.15, 0.2) is 12.3 Å². The second kappa shape index (κ2) is 11.4. The highest BCUT2D eigenvalue weighted by Gasteiger charge is 2.43. The quantitative estimate of drug-likeness (QED) is 0.301. The van der Waals surface area contributed by atoms with Gasteiger partial charge in [0, 0.05) is 29.7 Å². The predicted molar refractivity (Wildman–Crippen MR) is 124 cm³/mol. The molecule has 2 aliphatic heterocycles. The molecule has 176 valence electrons. The third kappa shape index (κ3) is 5.11. The van der Waals surface area contributed by atoms with Crippen LogP contribution in [-0.4, -0.2) is 52.9 Å². The topological polar surface area (TPSA) is 110 Å². The van der Waals surface area contributed by atoms with Crippen LogP contribution in [0, 0.1) is 11.8 Å². The molecule has 2 aliphatic rings. The maximum absolute atomic E-state index is 13.0. The van der Waals surface area contributed by atoms with E-state index in [9.17, 15) is 23.1 Å². The number of carbonyl (C=O) groups excluding carboxylic acids is 4. The van der Waals surface area contributed by atoms with E-state index in [1.165, 1.54) is 11.9 Å². The first-order valence-corrected chi connectivity index (χ1v) is 11.0. The molecule has 1 unspecified atom stereocenters. The van der Waals surface area contributed by atoms with Crippen molar-refractivity contribution in [2.24, 2.45) is 5.73 Å². The fourth-order valence-corrected chi connectivity index (χ4v) is 4.08. The van der Waals surface area contributed by atoms with Crippen LogP contribution in [0.5, 0.6) is 5.75 Å². The van der Waals surface area contributed by atoms with E-state index in [1.807, 2.05) is 0 Å². The Balaban J connectivity index is 0.00000158. The van der Waals surface area contributed by atoms with Gasteiger partial charge in [-0.05, 0) is 55.4 Å². The third-order valence-electron chi connectivity index (χ3n) is 5.33. The molecular weight excluding hydrogens is 461 g/mol.